The van der Waals surface area contributed by atoms with Crippen LogP contribution in [0.15, 0.2) is 53.7 Å². The van der Waals surface area contributed by atoms with E-state index in [1.54, 1.807) is 20.8 Å². The molecular weight excluding hydrogens is 570 g/mol. The zero-order valence-electron chi connectivity index (χ0n) is 23.2. The molecule has 4 amide bonds. The number of rotatable bonds is 8. The standard InChI is InChI=1S/C28H30F6N4O4/c1-5-6-11-38-16(4)22(24(39)42-15(2)3)23(37-26(38)41)17-7-9-20(10-8-17)35-25(40)36-21-13-18(27(29,30)31)12-19(14-21)28(32,33)34/h7-10,12-15,23H,5-6,11H2,1-4H3,(H,37,41)(H2,35,36,40). The Morgan fingerprint density at radius 2 is 1.50 bits per heavy atom. The fourth-order valence-corrected chi connectivity index (χ4v) is 4.24. The number of halogens is 6. The van der Waals surface area contributed by atoms with Crippen molar-refractivity contribution in [3.63, 3.8) is 0 Å². The number of allylic oxidation sites excluding steroid dienone is 1. The SMILES string of the molecule is CCCCN1C(=O)NC(c2ccc(NC(=O)Nc3cc(C(F)(F)F)cc(C(F)(F)F)c3)cc2)C(C(=O)OC(C)C)=C1C. The Morgan fingerprint density at radius 3 is 2.00 bits per heavy atom. The minimum absolute atomic E-state index is 0.0454. The van der Waals surface area contributed by atoms with Crippen LogP contribution in [-0.4, -0.2) is 35.6 Å². The summed E-state index contributed by atoms with van der Waals surface area (Å²) < 4.78 is 84.1. The maximum atomic E-state index is 13.1. The number of urea groups is 2. The summed E-state index contributed by atoms with van der Waals surface area (Å²) in [5, 5.41) is 7.12. The predicted molar refractivity (Wildman–Crippen MR) is 142 cm³/mol. The Bertz CT molecular complexity index is 1320. The van der Waals surface area contributed by atoms with E-state index in [9.17, 15) is 40.7 Å². The van der Waals surface area contributed by atoms with Crippen molar-refractivity contribution in [3.8, 4) is 0 Å². The molecule has 0 saturated heterocycles. The van der Waals surface area contributed by atoms with E-state index in [0.29, 0.717) is 36.4 Å². The molecule has 3 rings (SSSR count). The van der Waals surface area contributed by atoms with E-state index in [0.717, 1.165) is 6.42 Å². The molecule has 0 aliphatic carbocycles. The van der Waals surface area contributed by atoms with Crippen molar-refractivity contribution in [2.45, 2.75) is 65.0 Å². The highest BCUT2D eigenvalue weighted by Crippen LogP contribution is 2.38. The number of alkyl halides is 6. The summed E-state index contributed by atoms with van der Waals surface area (Å²) >= 11 is 0. The van der Waals surface area contributed by atoms with Gasteiger partial charge in [0, 0.05) is 23.6 Å². The van der Waals surface area contributed by atoms with Gasteiger partial charge in [-0.3, -0.25) is 4.90 Å². The van der Waals surface area contributed by atoms with E-state index in [2.05, 4.69) is 10.6 Å². The Balaban J connectivity index is 1.83. The van der Waals surface area contributed by atoms with Crippen LogP contribution in [-0.2, 0) is 21.9 Å². The van der Waals surface area contributed by atoms with Crippen molar-refractivity contribution < 1.29 is 45.5 Å². The number of nitrogens with one attached hydrogen (secondary N) is 3. The van der Waals surface area contributed by atoms with E-state index in [-0.39, 0.29) is 17.3 Å². The molecule has 2 aromatic carbocycles. The lowest BCUT2D eigenvalue weighted by molar-refractivity contribution is -0.144. The molecule has 1 unspecified atom stereocenters. The lowest BCUT2D eigenvalue weighted by Gasteiger charge is -2.35. The molecule has 1 aliphatic heterocycles. The highest BCUT2D eigenvalue weighted by atomic mass is 19.4. The summed E-state index contributed by atoms with van der Waals surface area (Å²) in [5.41, 5.74) is -2.60. The highest BCUT2D eigenvalue weighted by molar-refractivity contribution is 6.00. The van der Waals surface area contributed by atoms with Gasteiger partial charge in [0.05, 0.1) is 28.8 Å². The maximum absolute atomic E-state index is 13.1. The van der Waals surface area contributed by atoms with Crippen LogP contribution < -0.4 is 16.0 Å². The zero-order valence-corrected chi connectivity index (χ0v) is 23.2. The largest absolute Gasteiger partial charge is 0.459 e. The number of hydrogen-bond acceptors (Lipinski definition) is 4. The summed E-state index contributed by atoms with van der Waals surface area (Å²) in [6.45, 7) is 7.39. The van der Waals surface area contributed by atoms with Crippen LogP contribution >= 0.6 is 0 Å². The highest BCUT2D eigenvalue weighted by Gasteiger charge is 2.38. The molecule has 1 atom stereocenters. The molecule has 0 spiro atoms. The number of unbranched alkanes of at least 4 members (excludes halogenated alkanes) is 1. The third kappa shape index (κ3) is 7.95. The summed E-state index contributed by atoms with van der Waals surface area (Å²) in [6, 6.07) is 4.16. The van der Waals surface area contributed by atoms with E-state index in [1.807, 2.05) is 12.2 Å². The van der Waals surface area contributed by atoms with Crippen LogP contribution in [0.3, 0.4) is 0 Å². The minimum atomic E-state index is -5.07. The summed E-state index contributed by atoms with van der Waals surface area (Å²) in [4.78, 5) is 39.8. The quantitative estimate of drug-likeness (QED) is 0.216. The number of carbonyl (C=O) groups is 3. The molecule has 0 bridgehead atoms. The molecule has 1 heterocycles. The van der Waals surface area contributed by atoms with Gasteiger partial charge in [0.1, 0.15) is 0 Å². The molecule has 228 valence electrons. The molecule has 0 saturated carbocycles. The smallest absolute Gasteiger partial charge is 0.416 e. The number of esters is 1. The van der Waals surface area contributed by atoms with Crippen molar-refractivity contribution >= 4 is 29.4 Å². The van der Waals surface area contributed by atoms with Crippen molar-refractivity contribution in [2.75, 3.05) is 17.2 Å². The number of benzene rings is 2. The minimum Gasteiger partial charge on any atom is -0.459 e. The first kappa shape index (κ1) is 32.3. The van der Waals surface area contributed by atoms with E-state index >= 15 is 0 Å². The number of carbonyl (C=O) groups excluding carboxylic acids is 3. The molecule has 1 aliphatic rings. The second kappa shape index (κ2) is 12.7. The molecular formula is C28H30F6N4O4. The fourth-order valence-electron chi connectivity index (χ4n) is 4.24. The van der Waals surface area contributed by atoms with Crippen molar-refractivity contribution in [1.82, 2.24) is 10.2 Å². The van der Waals surface area contributed by atoms with Gasteiger partial charge in [0.25, 0.3) is 0 Å². The average molecular weight is 601 g/mol. The van der Waals surface area contributed by atoms with Gasteiger partial charge in [-0.2, -0.15) is 26.3 Å². The van der Waals surface area contributed by atoms with Gasteiger partial charge in [-0.05, 0) is 63.1 Å². The summed E-state index contributed by atoms with van der Waals surface area (Å²) in [5.74, 6) is -0.616. The zero-order chi connectivity index (χ0) is 31.4. The molecule has 0 radical (unpaired) electrons. The summed E-state index contributed by atoms with van der Waals surface area (Å²) in [7, 11) is 0. The Hall–Kier alpha value is -4.23. The number of nitrogens with zero attached hydrogens (tertiary/aromatic N) is 1. The van der Waals surface area contributed by atoms with Gasteiger partial charge in [-0.1, -0.05) is 25.5 Å². The average Bonchev–Trinajstić information content (AvgIpc) is 2.87. The molecule has 8 nitrogen and oxygen atoms in total. The van der Waals surface area contributed by atoms with Crippen molar-refractivity contribution in [1.29, 1.82) is 0 Å². The maximum Gasteiger partial charge on any atom is 0.416 e. The number of hydrogen-bond donors (Lipinski definition) is 3. The van der Waals surface area contributed by atoms with Gasteiger partial charge >= 0.3 is 30.4 Å². The third-order valence-corrected chi connectivity index (χ3v) is 6.24. The fraction of sp³-hybridized carbons (Fsp3) is 0.393. The van der Waals surface area contributed by atoms with Gasteiger partial charge in [0.2, 0.25) is 0 Å². The molecule has 0 fully saturated rings. The first-order valence-electron chi connectivity index (χ1n) is 13.0. The van der Waals surface area contributed by atoms with Crippen LogP contribution in [0.2, 0.25) is 0 Å². The van der Waals surface area contributed by atoms with E-state index in [4.69, 9.17) is 4.74 Å². The first-order valence-corrected chi connectivity index (χ1v) is 13.0. The van der Waals surface area contributed by atoms with Gasteiger partial charge in [-0.15, -0.1) is 0 Å². The van der Waals surface area contributed by atoms with Crippen LogP contribution in [0, 0.1) is 0 Å². The van der Waals surface area contributed by atoms with Gasteiger partial charge in [-0.25, -0.2) is 14.4 Å². The number of ether oxygens (including phenoxy) is 1. The van der Waals surface area contributed by atoms with E-state index < -0.39 is 59.3 Å². The molecule has 0 aromatic heterocycles. The number of amides is 4. The third-order valence-electron chi connectivity index (χ3n) is 6.24. The summed E-state index contributed by atoms with van der Waals surface area (Å²) in [6.07, 6.45) is -9.03. The molecule has 14 heteroatoms. The van der Waals surface area contributed by atoms with Gasteiger partial charge in [0.15, 0.2) is 0 Å². The van der Waals surface area contributed by atoms with E-state index in [1.165, 1.54) is 29.2 Å². The number of anilines is 2. The monoisotopic (exact) mass is 600 g/mol. The second-order valence-corrected chi connectivity index (χ2v) is 9.84. The van der Waals surface area contributed by atoms with Crippen LogP contribution in [0.1, 0.15) is 63.3 Å². The molecule has 42 heavy (non-hydrogen) atoms. The van der Waals surface area contributed by atoms with Gasteiger partial charge < -0.3 is 20.7 Å². The Kier molecular flexibility index (Phi) is 9.79. The predicted octanol–water partition coefficient (Wildman–Crippen LogP) is 7.46. The second-order valence-electron chi connectivity index (χ2n) is 9.84. The van der Waals surface area contributed by atoms with Crippen LogP contribution in [0.5, 0.6) is 0 Å². The molecule has 2 aromatic rings. The Morgan fingerprint density at radius 1 is 0.952 bits per heavy atom. The van der Waals surface area contributed by atoms with Crippen LogP contribution in [0.25, 0.3) is 0 Å². The van der Waals surface area contributed by atoms with Crippen LogP contribution in [0.4, 0.5) is 47.3 Å². The molecule has 3 N–H and O–H groups in total. The lowest BCUT2D eigenvalue weighted by Crippen LogP contribution is -2.48. The van der Waals surface area contributed by atoms with Crippen molar-refractivity contribution in [2.24, 2.45) is 0 Å². The lowest BCUT2D eigenvalue weighted by atomic mass is 9.94. The topological polar surface area (TPSA) is 99.8 Å². The van der Waals surface area contributed by atoms with Crippen molar-refractivity contribution in [3.05, 3.63) is 70.4 Å². The first-order chi connectivity index (χ1) is 19.5. The Labute approximate surface area is 238 Å². The normalized spacial score (nSPS) is 15.9.